The van der Waals surface area contributed by atoms with Gasteiger partial charge in [-0.05, 0) is 49.7 Å². The number of thioether (sulfide) groups is 1. The zero-order chi connectivity index (χ0) is 24.5. The number of carbonyl (C=O) groups is 1. The lowest BCUT2D eigenvalue weighted by atomic mass is 9.68. The number of likely N-dealkylation sites (tertiary alicyclic amines) is 1. The molecule has 1 saturated carbocycles. The largest absolute Gasteiger partial charge is 0.342 e. The Morgan fingerprint density at radius 2 is 1.64 bits per heavy atom. The molecule has 1 aliphatic heterocycles. The second kappa shape index (κ2) is 9.89. The summed E-state index contributed by atoms with van der Waals surface area (Å²) < 4.78 is 1.84. The summed E-state index contributed by atoms with van der Waals surface area (Å²) in [6, 6.07) is 18.6. The van der Waals surface area contributed by atoms with Gasteiger partial charge in [0.2, 0.25) is 5.91 Å². The van der Waals surface area contributed by atoms with Crippen LogP contribution in [-0.4, -0.2) is 39.2 Å². The van der Waals surface area contributed by atoms with E-state index in [0.29, 0.717) is 17.5 Å². The molecule has 1 saturated heterocycles. The van der Waals surface area contributed by atoms with E-state index >= 15 is 0 Å². The number of benzene rings is 2. The van der Waals surface area contributed by atoms with Gasteiger partial charge in [-0.15, -0.1) is 0 Å². The smallest absolute Gasteiger partial charge is 0.258 e. The Balaban J connectivity index is 1.45. The quantitative estimate of drug-likeness (QED) is 0.347. The van der Waals surface area contributed by atoms with Crippen molar-refractivity contribution in [2.75, 3.05) is 18.8 Å². The van der Waals surface area contributed by atoms with Crippen molar-refractivity contribution in [1.29, 1.82) is 0 Å². The fourth-order valence-corrected chi connectivity index (χ4v) is 7.32. The van der Waals surface area contributed by atoms with Crippen LogP contribution < -0.4 is 5.56 Å². The molecule has 6 rings (SSSR count). The number of fused-ring (bicyclic) bond motifs is 4. The van der Waals surface area contributed by atoms with Crippen molar-refractivity contribution >= 4 is 17.7 Å². The Morgan fingerprint density at radius 3 is 2.42 bits per heavy atom. The van der Waals surface area contributed by atoms with E-state index in [1.807, 2.05) is 33.7 Å². The Labute approximate surface area is 216 Å². The highest BCUT2D eigenvalue weighted by atomic mass is 32.2. The summed E-state index contributed by atoms with van der Waals surface area (Å²) in [6.07, 6.45) is 8.64. The molecule has 0 N–H and O–H groups in total. The molecule has 5 nitrogen and oxygen atoms in total. The van der Waals surface area contributed by atoms with Crippen LogP contribution in [0.25, 0.3) is 11.3 Å². The third-order valence-electron chi connectivity index (χ3n) is 8.24. The van der Waals surface area contributed by atoms with E-state index < -0.39 is 0 Å². The van der Waals surface area contributed by atoms with E-state index in [1.54, 1.807) is 0 Å². The van der Waals surface area contributed by atoms with Gasteiger partial charge < -0.3 is 4.90 Å². The van der Waals surface area contributed by atoms with Gasteiger partial charge in [0.1, 0.15) is 0 Å². The van der Waals surface area contributed by atoms with Crippen molar-refractivity contribution in [1.82, 2.24) is 14.5 Å². The number of aromatic nitrogens is 2. The fraction of sp³-hybridized carbons (Fsp3) is 0.433. The Hall–Kier alpha value is -2.86. The normalized spacial score (nSPS) is 18.2. The topological polar surface area (TPSA) is 55.2 Å². The summed E-state index contributed by atoms with van der Waals surface area (Å²) in [5.41, 5.74) is 5.15. The van der Waals surface area contributed by atoms with E-state index in [9.17, 15) is 9.59 Å². The van der Waals surface area contributed by atoms with Crippen molar-refractivity contribution in [3.8, 4) is 11.3 Å². The molecule has 2 fully saturated rings. The van der Waals surface area contributed by atoms with Crippen LogP contribution in [0.5, 0.6) is 0 Å². The molecule has 6 heteroatoms. The number of hydrogen-bond acceptors (Lipinski definition) is 4. The summed E-state index contributed by atoms with van der Waals surface area (Å²) in [5.74, 6) is 0.456. The number of amides is 1. The van der Waals surface area contributed by atoms with Crippen LogP contribution in [0.3, 0.4) is 0 Å². The molecule has 2 aliphatic carbocycles. The molecule has 2 aromatic carbocycles. The molecular weight excluding hydrogens is 466 g/mol. The highest BCUT2D eigenvalue weighted by Crippen LogP contribution is 2.50. The van der Waals surface area contributed by atoms with E-state index in [4.69, 9.17) is 4.98 Å². The van der Waals surface area contributed by atoms with Gasteiger partial charge in [0, 0.05) is 24.1 Å². The lowest BCUT2D eigenvalue weighted by molar-refractivity contribution is -0.129. The number of hydrogen-bond donors (Lipinski definition) is 0. The Bertz CT molecular complexity index is 1320. The van der Waals surface area contributed by atoms with E-state index in [1.165, 1.54) is 23.7 Å². The highest BCUT2D eigenvalue weighted by Gasteiger charge is 2.44. The average Bonchev–Trinajstić information content (AvgIpc) is 3.38. The second-order valence-corrected chi connectivity index (χ2v) is 11.5. The molecule has 1 aromatic heterocycles. The minimum absolute atomic E-state index is 0.0770. The third kappa shape index (κ3) is 4.30. The van der Waals surface area contributed by atoms with Crippen molar-refractivity contribution in [3.05, 3.63) is 81.6 Å². The van der Waals surface area contributed by atoms with Gasteiger partial charge in [-0.3, -0.25) is 14.2 Å². The predicted octanol–water partition coefficient (Wildman–Crippen LogP) is 5.43. The zero-order valence-corrected chi connectivity index (χ0v) is 21.6. The van der Waals surface area contributed by atoms with Gasteiger partial charge in [0.05, 0.1) is 23.6 Å². The minimum Gasteiger partial charge on any atom is -0.342 e. The molecule has 0 bridgehead atoms. The molecule has 0 atom stereocenters. The number of carbonyl (C=O) groups excluding carboxylic acids is 1. The fourth-order valence-electron chi connectivity index (χ4n) is 6.42. The minimum atomic E-state index is -0.126. The maximum Gasteiger partial charge on any atom is 0.258 e. The van der Waals surface area contributed by atoms with Gasteiger partial charge in [-0.2, -0.15) is 0 Å². The van der Waals surface area contributed by atoms with Gasteiger partial charge in [-0.1, -0.05) is 79.2 Å². The monoisotopic (exact) mass is 499 g/mol. The molecule has 0 radical (unpaired) electrons. The van der Waals surface area contributed by atoms with Crippen molar-refractivity contribution in [2.24, 2.45) is 0 Å². The maximum atomic E-state index is 14.4. The predicted molar refractivity (Wildman–Crippen MR) is 144 cm³/mol. The highest BCUT2D eigenvalue weighted by molar-refractivity contribution is 7.99. The molecule has 1 spiro atoms. The Morgan fingerprint density at radius 1 is 0.917 bits per heavy atom. The molecule has 2 heterocycles. The maximum absolute atomic E-state index is 14.4. The summed E-state index contributed by atoms with van der Waals surface area (Å²) in [5, 5.41) is 0.651. The summed E-state index contributed by atoms with van der Waals surface area (Å²) in [6.45, 7) is 2.14. The van der Waals surface area contributed by atoms with Crippen LogP contribution >= 0.6 is 11.8 Å². The summed E-state index contributed by atoms with van der Waals surface area (Å²) >= 11 is 1.42. The van der Waals surface area contributed by atoms with Crippen LogP contribution in [0.1, 0.15) is 61.6 Å². The van der Waals surface area contributed by atoms with Crippen LogP contribution in [-0.2, 0) is 23.2 Å². The summed E-state index contributed by atoms with van der Waals surface area (Å²) in [7, 11) is 0. The van der Waals surface area contributed by atoms with E-state index in [2.05, 4.69) is 30.3 Å². The first-order chi connectivity index (χ1) is 17.6. The number of nitrogens with zero attached hydrogens (tertiary/aromatic N) is 3. The van der Waals surface area contributed by atoms with Crippen molar-refractivity contribution in [2.45, 2.75) is 68.5 Å². The zero-order valence-electron chi connectivity index (χ0n) is 20.7. The third-order valence-corrected chi connectivity index (χ3v) is 9.20. The lowest BCUT2D eigenvalue weighted by Crippen LogP contribution is -2.41. The van der Waals surface area contributed by atoms with E-state index in [0.717, 1.165) is 80.4 Å². The molecule has 186 valence electrons. The first-order valence-electron chi connectivity index (χ1n) is 13.3. The van der Waals surface area contributed by atoms with Crippen molar-refractivity contribution in [3.63, 3.8) is 0 Å². The van der Waals surface area contributed by atoms with Crippen LogP contribution in [0.4, 0.5) is 0 Å². The number of piperidine rings is 1. The lowest BCUT2D eigenvalue weighted by Gasteiger charge is -2.36. The Kier molecular flexibility index (Phi) is 6.46. The molecule has 36 heavy (non-hydrogen) atoms. The van der Waals surface area contributed by atoms with Crippen LogP contribution in [0, 0.1) is 0 Å². The first-order valence-corrected chi connectivity index (χ1v) is 14.3. The average molecular weight is 500 g/mol. The molecule has 0 unspecified atom stereocenters. The molecule has 1 amide bonds. The first kappa shape index (κ1) is 23.5. The van der Waals surface area contributed by atoms with Gasteiger partial charge in [-0.25, -0.2) is 4.98 Å². The SMILES string of the molecule is O=C(CSc1nc2c(c(=O)n1Cc1ccccc1)C1(CCCC1)Cc1ccccc1-2)N1CCCCC1. The second-order valence-electron chi connectivity index (χ2n) is 10.5. The molecular formula is C30H33N3O2S. The van der Waals surface area contributed by atoms with Crippen molar-refractivity contribution < 1.29 is 4.79 Å². The van der Waals surface area contributed by atoms with Crippen LogP contribution in [0.2, 0.25) is 0 Å². The van der Waals surface area contributed by atoms with Gasteiger partial charge >= 0.3 is 0 Å². The standard InChI is InChI=1S/C30H33N3O2S/c34-25(32-17-9-2-10-18-32)21-36-29-31-27-24-14-6-5-13-23(24)19-30(15-7-8-16-30)26(27)28(35)33(29)20-22-11-3-1-4-12-22/h1,3-6,11-14H,2,7-10,15-21H2. The van der Waals surface area contributed by atoms with Gasteiger partial charge in [0.25, 0.3) is 5.56 Å². The molecule has 3 aromatic rings. The summed E-state index contributed by atoms with van der Waals surface area (Å²) in [4.78, 5) is 34.5. The number of rotatable bonds is 5. The van der Waals surface area contributed by atoms with Gasteiger partial charge in [0.15, 0.2) is 5.16 Å². The van der Waals surface area contributed by atoms with E-state index in [-0.39, 0.29) is 16.9 Å². The van der Waals surface area contributed by atoms with Crippen LogP contribution in [0.15, 0.2) is 64.5 Å². The molecule has 3 aliphatic rings.